The third kappa shape index (κ3) is 2.65. The smallest absolute Gasteiger partial charge is 0.136 e. The molecule has 1 aromatic rings. The first-order valence-corrected chi connectivity index (χ1v) is 7.33. The fraction of sp³-hybridized carbons (Fsp3) is 0.562. The minimum Gasteiger partial charge on any atom is -0.495 e. The Labute approximate surface area is 120 Å². The molecule has 2 unspecified atom stereocenters. The van der Waals surface area contributed by atoms with Gasteiger partial charge in [0.15, 0.2) is 0 Å². The maximum atomic E-state index is 9.15. The minimum atomic E-state index is 0.625. The zero-order chi connectivity index (χ0) is 13.9. The van der Waals surface area contributed by atoms with E-state index in [1.807, 2.05) is 12.1 Å². The van der Waals surface area contributed by atoms with Gasteiger partial charge in [-0.1, -0.05) is 6.07 Å². The predicted molar refractivity (Wildman–Crippen MR) is 77.5 cm³/mol. The van der Waals surface area contributed by atoms with E-state index in [0.717, 1.165) is 25.6 Å². The summed E-state index contributed by atoms with van der Waals surface area (Å²) in [7, 11) is 1.60. The lowest BCUT2D eigenvalue weighted by Crippen LogP contribution is -2.40. The summed E-state index contributed by atoms with van der Waals surface area (Å²) in [4.78, 5) is 2.50. The fourth-order valence-electron chi connectivity index (χ4n) is 3.46. The Kier molecular flexibility index (Phi) is 3.90. The number of nitriles is 1. The van der Waals surface area contributed by atoms with Crippen molar-refractivity contribution in [3.05, 3.63) is 29.3 Å². The van der Waals surface area contributed by atoms with Gasteiger partial charge in [0.2, 0.25) is 0 Å². The maximum Gasteiger partial charge on any atom is 0.136 e. The number of methoxy groups -OCH3 is 1. The highest BCUT2D eigenvalue weighted by molar-refractivity contribution is 5.45. The van der Waals surface area contributed by atoms with Gasteiger partial charge in [0.25, 0.3) is 0 Å². The summed E-state index contributed by atoms with van der Waals surface area (Å²) in [6.07, 6.45) is 2.65. The van der Waals surface area contributed by atoms with Crippen LogP contribution in [0.3, 0.4) is 0 Å². The second-order valence-corrected chi connectivity index (χ2v) is 5.80. The number of fused-ring (bicyclic) bond motifs is 1. The summed E-state index contributed by atoms with van der Waals surface area (Å²) in [6, 6.07) is 8.79. The SMILES string of the molecule is COc1ccc(CN2CC3CCCNC3C2)cc1C#N. The highest BCUT2D eigenvalue weighted by Crippen LogP contribution is 2.27. The molecule has 1 aromatic carbocycles. The summed E-state index contributed by atoms with van der Waals surface area (Å²) in [5, 5.41) is 12.8. The molecule has 0 spiro atoms. The summed E-state index contributed by atoms with van der Waals surface area (Å²) in [6.45, 7) is 4.38. The maximum absolute atomic E-state index is 9.15. The Morgan fingerprint density at radius 2 is 2.35 bits per heavy atom. The normalized spacial score (nSPS) is 26.0. The van der Waals surface area contributed by atoms with Gasteiger partial charge in [0.05, 0.1) is 12.7 Å². The Morgan fingerprint density at radius 3 is 3.10 bits per heavy atom. The summed E-state index contributed by atoms with van der Waals surface area (Å²) >= 11 is 0. The molecule has 4 nitrogen and oxygen atoms in total. The molecule has 0 saturated carbocycles. The lowest BCUT2D eigenvalue weighted by Gasteiger charge is -2.24. The zero-order valence-electron chi connectivity index (χ0n) is 11.9. The Balaban J connectivity index is 1.68. The van der Waals surface area contributed by atoms with E-state index in [0.29, 0.717) is 17.4 Å². The van der Waals surface area contributed by atoms with Crippen molar-refractivity contribution in [2.24, 2.45) is 5.92 Å². The van der Waals surface area contributed by atoms with Gasteiger partial charge in [-0.15, -0.1) is 0 Å². The van der Waals surface area contributed by atoms with Crippen molar-refractivity contribution >= 4 is 0 Å². The number of likely N-dealkylation sites (tertiary alicyclic amines) is 1. The molecule has 0 aliphatic carbocycles. The third-order valence-corrected chi connectivity index (χ3v) is 4.47. The van der Waals surface area contributed by atoms with E-state index >= 15 is 0 Å². The molecular weight excluding hydrogens is 250 g/mol. The van der Waals surface area contributed by atoms with Crippen LogP contribution in [0.25, 0.3) is 0 Å². The van der Waals surface area contributed by atoms with Crippen LogP contribution in [0.15, 0.2) is 18.2 Å². The van der Waals surface area contributed by atoms with Crippen molar-refractivity contribution in [3.8, 4) is 11.8 Å². The van der Waals surface area contributed by atoms with Crippen LogP contribution in [0.5, 0.6) is 5.75 Å². The first-order valence-electron chi connectivity index (χ1n) is 7.33. The number of nitrogens with zero attached hydrogens (tertiary/aromatic N) is 2. The molecule has 2 saturated heterocycles. The van der Waals surface area contributed by atoms with Crippen molar-refractivity contribution in [2.45, 2.75) is 25.4 Å². The molecule has 2 heterocycles. The van der Waals surface area contributed by atoms with Gasteiger partial charge in [0.1, 0.15) is 11.8 Å². The largest absolute Gasteiger partial charge is 0.495 e. The van der Waals surface area contributed by atoms with Gasteiger partial charge in [-0.2, -0.15) is 5.26 Å². The molecule has 106 valence electrons. The van der Waals surface area contributed by atoms with E-state index in [9.17, 15) is 0 Å². The van der Waals surface area contributed by atoms with Gasteiger partial charge in [0, 0.05) is 25.7 Å². The molecule has 2 aliphatic heterocycles. The van der Waals surface area contributed by atoms with Crippen LogP contribution in [0.4, 0.5) is 0 Å². The molecule has 0 amide bonds. The second-order valence-electron chi connectivity index (χ2n) is 5.80. The predicted octanol–water partition coefficient (Wildman–Crippen LogP) is 1.75. The number of piperidine rings is 1. The number of nitrogens with one attached hydrogen (secondary N) is 1. The van der Waals surface area contributed by atoms with Crippen molar-refractivity contribution in [1.29, 1.82) is 5.26 Å². The molecule has 20 heavy (non-hydrogen) atoms. The van der Waals surface area contributed by atoms with Crippen molar-refractivity contribution in [1.82, 2.24) is 10.2 Å². The van der Waals surface area contributed by atoms with Gasteiger partial charge in [-0.05, 0) is 43.0 Å². The lowest BCUT2D eigenvalue weighted by atomic mass is 9.94. The van der Waals surface area contributed by atoms with E-state index in [2.05, 4.69) is 22.4 Å². The molecule has 0 aromatic heterocycles. The quantitative estimate of drug-likeness (QED) is 0.910. The Morgan fingerprint density at radius 1 is 1.45 bits per heavy atom. The first-order chi connectivity index (χ1) is 9.80. The summed E-state index contributed by atoms with van der Waals surface area (Å²) in [5.74, 6) is 1.46. The average molecular weight is 271 g/mol. The Bertz CT molecular complexity index is 509. The van der Waals surface area contributed by atoms with Crippen LogP contribution in [0.2, 0.25) is 0 Å². The van der Waals surface area contributed by atoms with E-state index in [1.165, 1.54) is 24.9 Å². The molecule has 3 rings (SSSR count). The lowest BCUT2D eigenvalue weighted by molar-refractivity contribution is 0.312. The molecule has 4 heteroatoms. The molecule has 2 atom stereocenters. The van der Waals surface area contributed by atoms with Crippen LogP contribution in [0, 0.1) is 17.2 Å². The van der Waals surface area contributed by atoms with Crippen molar-refractivity contribution in [3.63, 3.8) is 0 Å². The number of hydrogen-bond acceptors (Lipinski definition) is 4. The molecule has 2 fully saturated rings. The molecule has 0 bridgehead atoms. The van der Waals surface area contributed by atoms with Gasteiger partial charge < -0.3 is 10.1 Å². The van der Waals surface area contributed by atoms with Gasteiger partial charge in [-0.3, -0.25) is 4.90 Å². The number of benzene rings is 1. The van der Waals surface area contributed by atoms with Crippen LogP contribution in [0.1, 0.15) is 24.0 Å². The molecule has 1 N–H and O–H groups in total. The topological polar surface area (TPSA) is 48.3 Å². The highest BCUT2D eigenvalue weighted by Gasteiger charge is 2.33. The Hall–Kier alpha value is -1.57. The minimum absolute atomic E-state index is 0.625. The first kappa shape index (κ1) is 13.4. The third-order valence-electron chi connectivity index (χ3n) is 4.47. The van der Waals surface area contributed by atoms with E-state index in [1.54, 1.807) is 7.11 Å². The van der Waals surface area contributed by atoms with Crippen LogP contribution >= 0.6 is 0 Å². The zero-order valence-corrected chi connectivity index (χ0v) is 11.9. The van der Waals surface area contributed by atoms with Gasteiger partial charge in [-0.25, -0.2) is 0 Å². The van der Waals surface area contributed by atoms with E-state index < -0.39 is 0 Å². The number of hydrogen-bond donors (Lipinski definition) is 1. The van der Waals surface area contributed by atoms with Crippen LogP contribution in [-0.2, 0) is 6.54 Å². The van der Waals surface area contributed by atoms with Crippen molar-refractivity contribution < 1.29 is 4.74 Å². The fourth-order valence-corrected chi connectivity index (χ4v) is 3.46. The van der Waals surface area contributed by atoms with E-state index in [-0.39, 0.29) is 0 Å². The van der Waals surface area contributed by atoms with Crippen LogP contribution in [-0.4, -0.2) is 37.7 Å². The average Bonchev–Trinajstić information content (AvgIpc) is 2.89. The molecular formula is C16H21N3O. The molecule has 2 aliphatic rings. The molecule has 0 radical (unpaired) electrons. The van der Waals surface area contributed by atoms with Crippen molar-refractivity contribution in [2.75, 3.05) is 26.7 Å². The van der Waals surface area contributed by atoms with Crippen LogP contribution < -0.4 is 10.1 Å². The highest BCUT2D eigenvalue weighted by atomic mass is 16.5. The van der Waals surface area contributed by atoms with Gasteiger partial charge >= 0.3 is 0 Å². The number of ether oxygens (including phenoxy) is 1. The summed E-state index contributed by atoms with van der Waals surface area (Å²) in [5.41, 5.74) is 1.82. The monoisotopic (exact) mass is 271 g/mol. The second kappa shape index (κ2) is 5.82. The van der Waals surface area contributed by atoms with E-state index in [4.69, 9.17) is 10.00 Å². The summed E-state index contributed by atoms with van der Waals surface area (Å²) < 4.78 is 5.19. The standard InChI is InChI=1S/C16H21N3O/c1-20-16-5-4-12(7-14(16)8-17)9-19-10-13-3-2-6-18-15(13)11-19/h4-5,7,13,15,18H,2-3,6,9-11H2,1H3. The number of rotatable bonds is 3.